The van der Waals surface area contributed by atoms with E-state index in [0.29, 0.717) is 16.1 Å². The van der Waals surface area contributed by atoms with Gasteiger partial charge in [0, 0.05) is 0 Å². The molecule has 0 aliphatic heterocycles. The zero-order valence-corrected chi connectivity index (χ0v) is 16.3. The topological polar surface area (TPSA) is 120 Å². The molecule has 0 bridgehead atoms. The lowest BCUT2D eigenvalue weighted by molar-refractivity contribution is -0.174. The molecule has 0 spiro atoms. The van der Waals surface area contributed by atoms with Gasteiger partial charge in [0.15, 0.2) is 0 Å². The van der Waals surface area contributed by atoms with Crippen molar-refractivity contribution in [3.05, 3.63) is 23.8 Å². The highest BCUT2D eigenvalue weighted by molar-refractivity contribution is 5.84. The summed E-state index contributed by atoms with van der Waals surface area (Å²) < 4.78 is 0. The zero-order chi connectivity index (χ0) is 20.3. The van der Waals surface area contributed by atoms with Crippen LogP contribution < -0.4 is 10.9 Å². The largest absolute Gasteiger partial charge is 0.285 e. The Hall–Kier alpha value is -2.81. The number of hydroxylamine groups is 2. The first-order valence-corrected chi connectivity index (χ1v) is 9.38. The summed E-state index contributed by atoms with van der Waals surface area (Å²) in [4.78, 5) is 28.1. The van der Waals surface area contributed by atoms with Crippen molar-refractivity contribution < 1.29 is 14.8 Å². The predicted octanol–water partition coefficient (Wildman–Crippen LogP) is 2.21. The van der Waals surface area contributed by atoms with Gasteiger partial charge in [-0.2, -0.15) is 0 Å². The van der Waals surface area contributed by atoms with Gasteiger partial charge in [0.25, 0.3) is 11.9 Å². The minimum absolute atomic E-state index is 0.122. The first-order chi connectivity index (χ1) is 13.3. The molecule has 1 fully saturated rings. The molecule has 2 amide bonds. The van der Waals surface area contributed by atoms with Crippen LogP contribution in [0.2, 0.25) is 0 Å². The van der Waals surface area contributed by atoms with Crippen LogP contribution in [0.3, 0.4) is 0 Å². The van der Waals surface area contributed by atoms with Crippen molar-refractivity contribution in [3.8, 4) is 0 Å². The van der Waals surface area contributed by atoms with E-state index in [1.165, 1.54) is 0 Å². The molecule has 2 aromatic rings. The number of fused-ring (bicyclic) bond motifs is 1. The van der Waals surface area contributed by atoms with Crippen LogP contribution in [0, 0.1) is 18.3 Å². The quantitative estimate of drug-likeness (QED) is 0.395. The summed E-state index contributed by atoms with van der Waals surface area (Å²) in [5.74, 6) is -0.514. The van der Waals surface area contributed by atoms with Crippen LogP contribution in [0.4, 0.5) is 5.95 Å². The molecular weight excluding hydrogens is 360 g/mol. The SMILES string of the molecule is Cc1ccc2nc(NNC(=O)C(C3CCC(C)(C)CC3)N(O)C=O)nnc2c1. The normalized spacial score (nSPS) is 17.7. The second-order valence-corrected chi connectivity index (χ2v) is 8.17. The number of anilines is 1. The summed E-state index contributed by atoms with van der Waals surface area (Å²) in [5, 5.41) is 18.4. The van der Waals surface area contributed by atoms with Crippen molar-refractivity contribution in [2.24, 2.45) is 11.3 Å². The molecule has 3 rings (SSSR count). The molecule has 3 N–H and O–H groups in total. The van der Waals surface area contributed by atoms with Gasteiger partial charge in [-0.25, -0.2) is 10.0 Å². The third-order valence-electron chi connectivity index (χ3n) is 5.40. The van der Waals surface area contributed by atoms with Crippen LogP contribution >= 0.6 is 0 Å². The minimum atomic E-state index is -0.975. The van der Waals surface area contributed by atoms with Gasteiger partial charge in [-0.15, -0.1) is 10.2 Å². The second-order valence-electron chi connectivity index (χ2n) is 8.17. The Bertz CT molecular complexity index is 862. The van der Waals surface area contributed by atoms with E-state index in [4.69, 9.17) is 0 Å². The fraction of sp³-hybridized carbons (Fsp3) is 0.526. The predicted molar refractivity (Wildman–Crippen MR) is 103 cm³/mol. The maximum absolute atomic E-state index is 12.7. The molecule has 9 nitrogen and oxygen atoms in total. The van der Waals surface area contributed by atoms with Crippen molar-refractivity contribution in [1.29, 1.82) is 0 Å². The lowest BCUT2D eigenvalue weighted by atomic mass is 9.71. The first-order valence-electron chi connectivity index (χ1n) is 9.38. The number of benzene rings is 1. The molecule has 1 saturated carbocycles. The molecule has 1 atom stereocenters. The highest BCUT2D eigenvalue weighted by Crippen LogP contribution is 2.39. The summed E-state index contributed by atoms with van der Waals surface area (Å²) in [5.41, 5.74) is 7.67. The van der Waals surface area contributed by atoms with E-state index in [1.807, 2.05) is 25.1 Å². The van der Waals surface area contributed by atoms with E-state index in [0.717, 1.165) is 31.2 Å². The Balaban J connectivity index is 1.68. The molecule has 1 aliphatic carbocycles. The Morgan fingerprint density at radius 2 is 2.00 bits per heavy atom. The number of aromatic nitrogens is 3. The monoisotopic (exact) mass is 386 g/mol. The first kappa shape index (κ1) is 19.9. The van der Waals surface area contributed by atoms with Gasteiger partial charge in [-0.1, -0.05) is 19.9 Å². The lowest BCUT2D eigenvalue weighted by Gasteiger charge is -2.38. The molecule has 1 aliphatic rings. The van der Waals surface area contributed by atoms with Crippen LogP contribution in [0.15, 0.2) is 18.2 Å². The van der Waals surface area contributed by atoms with Crippen molar-refractivity contribution in [2.75, 3.05) is 5.43 Å². The highest BCUT2D eigenvalue weighted by atomic mass is 16.5. The summed E-state index contributed by atoms with van der Waals surface area (Å²) in [6.07, 6.45) is 3.63. The van der Waals surface area contributed by atoms with Crippen LogP contribution in [0.25, 0.3) is 11.0 Å². The van der Waals surface area contributed by atoms with Gasteiger partial charge in [-0.3, -0.25) is 25.6 Å². The van der Waals surface area contributed by atoms with Gasteiger partial charge in [0.2, 0.25) is 6.41 Å². The highest BCUT2D eigenvalue weighted by Gasteiger charge is 2.38. The van der Waals surface area contributed by atoms with Gasteiger partial charge >= 0.3 is 0 Å². The van der Waals surface area contributed by atoms with E-state index in [1.54, 1.807) is 0 Å². The van der Waals surface area contributed by atoms with Gasteiger partial charge < -0.3 is 0 Å². The van der Waals surface area contributed by atoms with Crippen molar-refractivity contribution in [2.45, 2.75) is 52.5 Å². The number of hydrogen-bond acceptors (Lipinski definition) is 7. The number of amides is 2. The molecule has 1 aromatic heterocycles. The van der Waals surface area contributed by atoms with Crippen LogP contribution in [0.5, 0.6) is 0 Å². The standard InChI is InChI=1S/C19H26N6O3/c1-12-4-5-14-15(10-12)21-23-18(20-14)24-22-17(27)16(25(28)11-26)13-6-8-19(2,3)9-7-13/h4-5,10-11,13,16,28H,6-9H2,1-3H3,(H,22,27)(H,20,23,24). The summed E-state index contributed by atoms with van der Waals surface area (Å²) in [6, 6.07) is 4.62. The number of nitrogens with zero attached hydrogens (tertiary/aromatic N) is 4. The van der Waals surface area contributed by atoms with E-state index in [-0.39, 0.29) is 23.7 Å². The van der Waals surface area contributed by atoms with Crippen LogP contribution in [-0.4, -0.2) is 43.8 Å². The average Bonchev–Trinajstić information content (AvgIpc) is 2.67. The number of nitrogens with one attached hydrogen (secondary N) is 2. The fourth-order valence-electron chi connectivity index (χ4n) is 3.64. The summed E-state index contributed by atoms with van der Waals surface area (Å²) in [6.45, 7) is 6.32. The van der Waals surface area contributed by atoms with E-state index >= 15 is 0 Å². The van der Waals surface area contributed by atoms with E-state index < -0.39 is 11.9 Å². The number of aryl methyl sites for hydroxylation is 1. The smallest absolute Gasteiger partial charge is 0.264 e. The number of hydrazine groups is 1. The molecule has 1 aromatic carbocycles. The van der Waals surface area contributed by atoms with Crippen molar-refractivity contribution in [1.82, 2.24) is 25.7 Å². The Kier molecular flexibility index (Phi) is 5.73. The molecule has 1 heterocycles. The maximum Gasteiger partial charge on any atom is 0.264 e. The lowest BCUT2D eigenvalue weighted by Crippen LogP contribution is -2.52. The number of carbonyl (C=O) groups is 2. The van der Waals surface area contributed by atoms with Gasteiger partial charge in [-0.05, 0) is 61.6 Å². The maximum atomic E-state index is 12.7. The van der Waals surface area contributed by atoms with Crippen molar-refractivity contribution >= 4 is 29.3 Å². The Morgan fingerprint density at radius 3 is 2.68 bits per heavy atom. The second kappa shape index (κ2) is 8.05. The van der Waals surface area contributed by atoms with E-state index in [9.17, 15) is 14.8 Å². The molecule has 0 saturated heterocycles. The third-order valence-corrected chi connectivity index (χ3v) is 5.40. The molecule has 1 unspecified atom stereocenters. The number of rotatable bonds is 6. The number of hydrogen-bond donors (Lipinski definition) is 3. The van der Waals surface area contributed by atoms with Crippen LogP contribution in [0.1, 0.15) is 45.1 Å². The van der Waals surface area contributed by atoms with Gasteiger partial charge in [0.1, 0.15) is 11.6 Å². The van der Waals surface area contributed by atoms with Crippen LogP contribution in [-0.2, 0) is 9.59 Å². The summed E-state index contributed by atoms with van der Waals surface area (Å²) in [7, 11) is 0. The molecule has 150 valence electrons. The summed E-state index contributed by atoms with van der Waals surface area (Å²) >= 11 is 0. The van der Waals surface area contributed by atoms with E-state index in [2.05, 4.69) is 39.9 Å². The Labute approximate surface area is 163 Å². The van der Waals surface area contributed by atoms with Crippen molar-refractivity contribution in [3.63, 3.8) is 0 Å². The molecular formula is C19H26N6O3. The fourth-order valence-corrected chi connectivity index (χ4v) is 3.64. The van der Waals surface area contributed by atoms with Gasteiger partial charge in [0.05, 0.1) is 5.52 Å². The molecule has 28 heavy (non-hydrogen) atoms. The third kappa shape index (κ3) is 4.53. The Morgan fingerprint density at radius 1 is 1.29 bits per heavy atom. The molecule has 0 radical (unpaired) electrons. The average molecular weight is 386 g/mol. The zero-order valence-electron chi connectivity index (χ0n) is 16.3. The molecule has 9 heteroatoms. The minimum Gasteiger partial charge on any atom is -0.285 e. The number of carbonyl (C=O) groups excluding carboxylic acids is 2.